The molecule has 0 aliphatic carbocycles. The van der Waals surface area contributed by atoms with Gasteiger partial charge >= 0.3 is 5.97 Å². The van der Waals surface area contributed by atoms with Crippen LogP contribution in [0.5, 0.6) is 0 Å². The van der Waals surface area contributed by atoms with Gasteiger partial charge in [0.15, 0.2) is 11.5 Å². The van der Waals surface area contributed by atoms with Crippen LogP contribution in [0.25, 0.3) is 0 Å². The van der Waals surface area contributed by atoms with Crippen molar-refractivity contribution in [3.8, 4) is 0 Å². The quantitative estimate of drug-likeness (QED) is 0.708. The van der Waals surface area contributed by atoms with Crippen molar-refractivity contribution in [1.82, 2.24) is 10.2 Å². The third-order valence-corrected chi connectivity index (χ3v) is 2.58. The Morgan fingerprint density at radius 1 is 1.56 bits per heavy atom. The predicted molar refractivity (Wildman–Crippen MR) is 56.2 cm³/mol. The summed E-state index contributed by atoms with van der Waals surface area (Å²) in [6.07, 6.45) is 0. The maximum atomic E-state index is 11.1. The van der Waals surface area contributed by atoms with E-state index in [0.29, 0.717) is 5.92 Å². The summed E-state index contributed by atoms with van der Waals surface area (Å²) in [5.74, 6) is 0.551. The summed E-state index contributed by atoms with van der Waals surface area (Å²) in [6.45, 7) is 1.76. The first-order valence-electron chi connectivity index (χ1n) is 5.02. The number of anilines is 1. The summed E-state index contributed by atoms with van der Waals surface area (Å²) in [4.78, 5) is 13.1. The Balaban J connectivity index is 2.01. The molecule has 0 saturated carbocycles. The van der Waals surface area contributed by atoms with Gasteiger partial charge in [-0.05, 0) is 12.1 Å². The average molecular weight is 223 g/mol. The van der Waals surface area contributed by atoms with Gasteiger partial charge in [-0.3, -0.25) is 0 Å². The fourth-order valence-corrected chi connectivity index (χ4v) is 1.58. The molecule has 0 bridgehead atoms. The van der Waals surface area contributed by atoms with Crippen molar-refractivity contribution in [2.45, 2.75) is 0 Å². The number of nitrogens with zero attached hydrogens (tertiary/aromatic N) is 3. The highest BCUT2D eigenvalue weighted by molar-refractivity contribution is 5.86. The first-order chi connectivity index (χ1) is 7.74. The second-order valence-corrected chi connectivity index (χ2v) is 3.72. The largest absolute Gasteiger partial charge is 0.464 e. The van der Waals surface area contributed by atoms with Crippen LogP contribution in [0.3, 0.4) is 0 Å². The fourth-order valence-electron chi connectivity index (χ4n) is 1.58. The van der Waals surface area contributed by atoms with Gasteiger partial charge in [0.25, 0.3) is 0 Å². The minimum atomic E-state index is -0.490. The number of carbonyl (C=O) groups is 1. The highest BCUT2D eigenvalue weighted by Crippen LogP contribution is 2.21. The zero-order chi connectivity index (χ0) is 11.5. The van der Waals surface area contributed by atoms with Crippen molar-refractivity contribution >= 4 is 11.8 Å². The number of esters is 1. The number of aliphatic hydroxyl groups is 1. The molecule has 0 aromatic carbocycles. The number of hydrogen-bond donors (Lipinski definition) is 1. The number of carbonyl (C=O) groups excluding carboxylic acids is 1. The maximum Gasteiger partial charge on any atom is 0.358 e. The first kappa shape index (κ1) is 10.8. The van der Waals surface area contributed by atoms with Gasteiger partial charge in [0.05, 0.1) is 7.11 Å². The van der Waals surface area contributed by atoms with Crippen LogP contribution in [0.1, 0.15) is 10.5 Å². The van der Waals surface area contributed by atoms with Gasteiger partial charge in [0, 0.05) is 25.6 Å². The Hall–Kier alpha value is -1.69. The Morgan fingerprint density at radius 2 is 2.31 bits per heavy atom. The maximum absolute atomic E-state index is 11.1. The lowest BCUT2D eigenvalue weighted by Gasteiger charge is -2.38. The van der Waals surface area contributed by atoms with Gasteiger partial charge in [0.1, 0.15) is 0 Å². The fraction of sp³-hybridized carbons (Fsp3) is 0.500. The van der Waals surface area contributed by atoms with Crippen LogP contribution < -0.4 is 4.90 Å². The van der Waals surface area contributed by atoms with E-state index >= 15 is 0 Å². The van der Waals surface area contributed by atoms with Crippen LogP contribution >= 0.6 is 0 Å². The standard InChI is InChI=1S/C10H13N3O3/c1-16-10(15)8-2-3-9(12-11-8)13-4-7(5-13)6-14/h2-3,7,14H,4-6H2,1H3. The highest BCUT2D eigenvalue weighted by atomic mass is 16.5. The Bertz CT molecular complexity index is 373. The van der Waals surface area contributed by atoms with E-state index in [9.17, 15) is 4.79 Å². The molecule has 0 amide bonds. The lowest BCUT2D eigenvalue weighted by Crippen LogP contribution is -2.48. The van der Waals surface area contributed by atoms with Crippen LogP contribution in [0.2, 0.25) is 0 Å². The van der Waals surface area contributed by atoms with Crippen LogP contribution in [0.15, 0.2) is 12.1 Å². The molecule has 86 valence electrons. The minimum Gasteiger partial charge on any atom is -0.464 e. The van der Waals surface area contributed by atoms with Crippen LogP contribution in [0, 0.1) is 5.92 Å². The summed E-state index contributed by atoms with van der Waals surface area (Å²) >= 11 is 0. The molecule has 0 unspecified atom stereocenters. The molecule has 1 aliphatic heterocycles. The smallest absolute Gasteiger partial charge is 0.358 e. The molecular weight excluding hydrogens is 210 g/mol. The van der Waals surface area contributed by atoms with Crippen molar-refractivity contribution < 1.29 is 14.6 Å². The van der Waals surface area contributed by atoms with Crippen LogP contribution in [0.4, 0.5) is 5.82 Å². The van der Waals surface area contributed by atoms with E-state index in [0.717, 1.165) is 18.9 Å². The molecule has 1 N–H and O–H groups in total. The molecule has 1 aromatic rings. The predicted octanol–water partition coefficient (Wildman–Crippen LogP) is -0.308. The van der Waals surface area contributed by atoms with E-state index in [2.05, 4.69) is 14.9 Å². The van der Waals surface area contributed by atoms with Gasteiger partial charge in [-0.2, -0.15) is 0 Å². The number of rotatable bonds is 3. The molecule has 1 saturated heterocycles. The zero-order valence-corrected chi connectivity index (χ0v) is 8.96. The van der Waals surface area contributed by atoms with Crippen LogP contribution in [-0.2, 0) is 4.74 Å². The van der Waals surface area contributed by atoms with Crippen LogP contribution in [-0.4, -0.2) is 48.1 Å². The second kappa shape index (κ2) is 4.44. The van der Waals surface area contributed by atoms with Gasteiger partial charge in [-0.15, -0.1) is 10.2 Å². The summed E-state index contributed by atoms with van der Waals surface area (Å²) < 4.78 is 4.52. The molecule has 2 rings (SSSR count). The molecule has 0 spiro atoms. The topological polar surface area (TPSA) is 75.5 Å². The van der Waals surface area contributed by atoms with E-state index in [1.54, 1.807) is 12.1 Å². The summed E-state index contributed by atoms with van der Waals surface area (Å²) in [7, 11) is 1.30. The van der Waals surface area contributed by atoms with Crippen molar-refractivity contribution in [3.05, 3.63) is 17.8 Å². The molecule has 0 atom stereocenters. The number of hydrogen-bond acceptors (Lipinski definition) is 6. The normalized spacial score (nSPS) is 15.8. The van der Waals surface area contributed by atoms with Gasteiger partial charge in [-0.1, -0.05) is 0 Å². The molecule has 16 heavy (non-hydrogen) atoms. The molecule has 1 aromatic heterocycles. The van der Waals surface area contributed by atoms with Gasteiger partial charge in [0.2, 0.25) is 0 Å². The minimum absolute atomic E-state index is 0.199. The molecular formula is C10H13N3O3. The summed E-state index contributed by atoms with van der Waals surface area (Å²) in [5, 5.41) is 16.6. The molecule has 6 heteroatoms. The van der Waals surface area contributed by atoms with E-state index in [-0.39, 0.29) is 12.3 Å². The molecule has 0 radical (unpaired) electrons. The Labute approximate surface area is 92.9 Å². The van der Waals surface area contributed by atoms with Crippen molar-refractivity contribution in [2.75, 3.05) is 31.7 Å². The van der Waals surface area contributed by atoms with Crippen molar-refractivity contribution in [1.29, 1.82) is 0 Å². The molecule has 1 aliphatic rings. The van der Waals surface area contributed by atoms with Gasteiger partial charge in [-0.25, -0.2) is 4.79 Å². The average Bonchev–Trinajstić information content (AvgIpc) is 2.27. The third-order valence-electron chi connectivity index (χ3n) is 2.58. The number of aromatic nitrogens is 2. The monoisotopic (exact) mass is 223 g/mol. The summed E-state index contributed by atoms with van der Waals surface area (Å²) in [6, 6.07) is 3.31. The second-order valence-electron chi connectivity index (χ2n) is 3.72. The van der Waals surface area contributed by atoms with E-state index in [1.165, 1.54) is 7.11 Å². The van der Waals surface area contributed by atoms with E-state index in [1.807, 2.05) is 4.90 Å². The first-order valence-corrected chi connectivity index (χ1v) is 5.02. The zero-order valence-electron chi connectivity index (χ0n) is 8.96. The van der Waals surface area contributed by atoms with Crippen molar-refractivity contribution in [2.24, 2.45) is 5.92 Å². The Kier molecular flexibility index (Phi) is 3.00. The molecule has 2 heterocycles. The van der Waals surface area contributed by atoms with Gasteiger partial charge < -0.3 is 14.7 Å². The SMILES string of the molecule is COC(=O)c1ccc(N2CC(CO)C2)nn1. The lowest BCUT2D eigenvalue weighted by atomic mass is 10.0. The number of aliphatic hydroxyl groups excluding tert-OH is 1. The number of methoxy groups -OCH3 is 1. The van der Waals surface area contributed by atoms with E-state index < -0.39 is 5.97 Å². The third kappa shape index (κ3) is 1.96. The molecule has 1 fully saturated rings. The van der Waals surface area contributed by atoms with E-state index in [4.69, 9.17) is 5.11 Å². The summed E-state index contributed by atoms with van der Waals surface area (Å²) in [5.41, 5.74) is 0.200. The van der Waals surface area contributed by atoms with Crippen molar-refractivity contribution in [3.63, 3.8) is 0 Å². The number of ether oxygens (including phenoxy) is 1. The molecule has 6 nitrogen and oxygen atoms in total. The Morgan fingerprint density at radius 3 is 2.81 bits per heavy atom. The highest BCUT2D eigenvalue weighted by Gasteiger charge is 2.27. The lowest BCUT2D eigenvalue weighted by molar-refractivity contribution is 0.0592.